The third-order valence-electron chi connectivity index (χ3n) is 1.46. The van der Waals surface area contributed by atoms with Gasteiger partial charge in [-0.05, 0) is 18.9 Å². The summed E-state index contributed by atoms with van der Waals surface area (Å²) < 4.78 is 10.7. The van der Waals surface area contributed by atoms with Crippen molar-refractivity contribution in [1.82, 2.24) is 0 Å². The Morgan fingerprint density at radius 3 is 2.83 bits per heavy atom. The van der Waals surface area contributed by atoms with Gasteiger partial charge in [-0.15, -0.1) is 18.2 Å². The van der Waals surface area contributed by atoms with Crippen molar-refractivity contribution >= 4 is 20.9 Å². The first-order valence-corrected chi connectivity index (χ1v) is 6.45. The van der Waals surface area contributed by atoms with Gasteiger partial charge in [0.2, 0.25) is 0 Å². The Morgan fingerprint density at radius 1 is 1.58 bits per heavy atom. The van der Waals surface area contributed by atoms with Crippen molar-refractivity contribution in [2.45, 2.75) is 18.9 Å². The van der Waals surface area contributed by atoms with Gasteiger partial charge in [0.15, 0.2) is 0 Å². The fraction of sp³-hybridized carbons (Fsp3) is 0.750. The SMILES string of the molecule is C=CCCO[SiH](CCCCl)OC. The Kier molecular flexibility index (Phi) is 9.39. The number of hydrogen-bond acceptors (Lipinski definition) is 2. The van der Waals surface area contributed by atoms with E-state index in [2.05, 4.69) is 6.58 Å². The lowest BCUT2D eigenvalue weighted by Crippen LogP contribution is -2.21. The number of alkyl halides is 1. The third kappa shape index (κ3) is 6.85. The third-order valence-corrected chi connectivity index (χ3v) is 3.74. The summed E-state index contributed by atoms with van der Waals surface area (Å²) in [6, 6.07) is 0.997. The van der Waals surface area contributed by atoms with E-state index >= 15 is 0 Å². The number of rotatable bonds is 8. The maximum atomic E-state index is 5.56. The van der Waals surface area contributed by atoms with Gasteiger partial charge < -0.3 is 8.85 Å². The standard InChI is InChI=1S/C8H17ClO2Si/c1-3-4-7-11-12(10-2)8-5-6-9/h3,12H,1,4-8H2,2H3. The van der Waals surface area contributed by atoms with E-state index in [-0.39, 0.29) is 0 Å². The fourth-order valence-electron chi connectivity index (χ4n) is 0.796. The van der Waals surface area contributed by atoms with Gasteiger partial charge in [0, 0.05) is 19.6 Å². The summed E-state index contributed by atoms with van der Waals surface area (Å²) in [5, 5.41) is 0. The molecule has 0 rings (SSSR count). The minimum Gasteiger partial charge on any atom is -0.400 e. The van der Waals surface area contributed by atoms with Gasteiger partial charge in [0.1, 0.15) is 0 Å². The van der Waals surface area contributed by atoms with Crippen LogP contribution in [-0.4, -0.2) is 28.9 Å². The molecule has 0 aromatic heterocycles. The van der Waals surface area contributed by atoms with E-state index in [0.717, 1.165) is 25.5 Å². The van der Waals surface area contributed by atoms with Gasteiger partial charge in [-0.1, -0.05) is 6.08 Å². The second kappa shape index (κ2) is 9.26. The van der Waals surface area contributed by atoms with Gasteiger partial charge in [-0.3, -0.25) is 0 Å². The Labute approximate surface area is 81.4 Å². The molecule has 0 amide bonds. The first-order chi connectivity index (χ1) is 5.85. The van der Waals surface area contributed by atoms with Crippen LogP contribution >= 0.6 is 11.6 Å². The second-order valence-electron chi connectivity index (χ2n) is 2.44. The van der Waals surface area contributed by atoms with Crippen LogP contribution in [0.1, 0.15) is 12.8 Å². The second-order valence-corrected chi connectivity index (χ2v) is 5.06. The molecule has 0 saturated heterocycles. The van der Waals surface area contributed by atoms with Gasteiger partial charge in [-0.2, -0.15) is 0 Å². The zero-order chi connectivity index (χ0) is 9.23. The van der Waals surface area contributed by atoms with Crippen LogP contribution in [0.4, 0.5) is 0 Å². The fourth-order valence-corrected chi connectivity index (χ4v) is 2.68. The molecule has 2 nitrogen and oxygen atoms in total. The van der Waals surface area contributed by atoms with Gasteiger partial charge in [0.25, 0.3) is 0 Å². The van der Waals surface area contributed by atoms with E-state index in [1.54, 1.807) is 7.11 Å². The smallest absolute Gasteiger partial charge is 0.321 e. The average molecular weight is 209 g/mol. The maximum absolute atomic E-state index is 5.56. The zero-order valence-electron chi connectivity index (χ0n) is 7.59. The lowest BCUT2D eigenvalue weighted by atomic mass is 10.5. The van der Waals surface area contributed by atoms with Crippen molar-refractivity contribution in [3.63, 3.8) is 0 Å². The summed E-state index contributed by atoms with van der Waals surface area (Å²) in [5.74, 6) is 0.692. The van der Waals surface area contributed by atoms with Crippen molar-refractivity contribution in [1.29, 1.82) is 0 Å². The molecule has 0 fully saturated rings. The highest BCUT2D eigenvalue weighted by atomic mass is 35.5. The predicted octanol–water partition coefficient (Wildman–Crippen LogP) is 2.07. The summed E-state index contributed by atoms with van der Waals surface area (Å²) in [6.45, 7) is 4.35. The largest absolute Gasteiger partial charge is 0.400 e. The van der Waals surface area contributed by atoms with Crippen LogP contribution < -0.4 is 0 Å². The van der Waals surface area contributed by atoms with E-state index in [1.165, 1.54) is 0 Å². The van der Waals surface area contributed by atoms with Crippen molar-refractivity contribution < 1.29 is 8.85 Å². The lowest BCUT2D eigenvalue weighted by molar-refractivity contribution is 0.232. The van der Waals surface area contributed by atoms with Gasteiger partial charge >= 0.3 is 9.28 Å². The summed E-state index contributed by atoms with van der Waals surface area (Å²) in [5.41, 5.74) is 0. The molecule has 0 aliphatic rings. The minimum atomic E-state index is -1.39. The van der Waals surface area contributed by atoms with Crippen molar-refractivity contribution in [2.75, 3.05) is 19.6 Å². The molecule has 12 heavy (non-hydrogen) atoms. The number of hydrogen-bond donors (Lipinski definition) is 0. The van der Waals surface area contributed by atoms with Crippen LogP contribution in [0, 0.1) is 0 Å². The van der Waals surface area contributed by atoms with Gasteiger partial charge in [-0.25, -0.2) is 0 Å². The Morgan fingerprint density at radius 2 is 2.33 bits per heavy atom. The highest BCUT2D eigenvalue weighted by molar-refractivity contribution is 6.44. The molecule has 1 atom stereocenters. The topological polar surface area (TPSA) is 18.5 Å². The molecule has 0 bridgehead atoms. The maximum Gasteiger partial charge on any atom is 0.321 e. The molecule has 0 aliphatic heterocycles. The van der Waals surface area contributed by atoms with Crippen LogP contribution in [-0.2, 0) is 8.85 Å². The highest BCUT2D eigenvalue weighted by Crippen LogP contribution is 2.02. The Balaban J connectivity index is 3.32. The average Bonchev–Trinajstić information content (AvgIpc) is 2.11. The van der Waals surface area contributed by atoms with E-state index in [0.29, 0.717) is 5.88 Å². The molecule has 0 aliphatic carbocycles. The van der Waals surface area contributed by atoms with Crippen LogP contribution in [0.15, 0.2) is 12.7 Å². The van der Waals surface area contributed by atoms with E-state index in [1.807, 2.05) is 6.08 Å². The van der Waals surface area contributed by atoms with Crippen molar-refractivity contribution in [2.24, 2.45) is 0 Å². The highest BCUT2D eigenvalue weighted by Gasteiger charge is 2.09. The van der Waals surface area contributed by atoms with E-state index in [9.17, 15) is 0 Å². The quantitative estimate of drug-likeness (QED) is 0.263. The summed E-state index contributed by atoms with van der Waals surface area (Å²) in [4.78, 5) is 0. The molecule has 0 spiro atoms. The van der Waals surface area contributed by atoms with Crippen molar-refractivity contribution in [3.8, 4) is 0 Å². The zero-order valence-corrected chi connectivity index (χ0v) is 9.50. The number of halogens is 1. The molecule has 0 N–H and O–H groups in total. The minimum absolute atomic E-state index is 0.692. The first kappa shape index (κ1) is 12.2. The lowest BCUT2D eigenvalue weighted by Gasteiger charge is -2.12. The summed E-state index contributed by atoms with van der Waals surface area (Å²) in [6.07, 6.45) is 3.73. The van der Waals surface area contributed by atoms with Crippen LogP contribution in [0.5, 0.6) is 0 Å². The normalized spacial score (nSPS) is 12.8. The molecular formula is C8H17ClO2Si. The van der Waals surface area contributed by atoms with E-state index < -0.39 is 9.28 Å². The Hall–Kier alpha value is 0.167. The first-order valence-electron chi connectivity index (χ1n) is 4.16. The molecule has 1 unspecified atom stereocenters. The van der Waals surface area contributed by atoms with Crippen molar-refractivity contribution in [3.05, 3.63) is 12.7 Å². The molecule has 4 heteroatoms. The van der Waals surface area contributed by atoms with Gasteiger partial charge in [0.05, 0.1) is 0 Å². The van der Waals surface area contributed by atoms with Crippen LogP contribution in [0.2, 0.25) is 6.04 Å². The molecule has 0 heterocycles. The van der Waals surface area contributed by atoms with Crippen LogP contribution in [0.25, 0.3) is 0 Å². The summed E-state index contributed by atoms with van der Waals surface area (Å²) >= 11 is 5.56. The predicted molar refractivity (Wildman–Crippen MR) is 55.1 cm³/mol. The van der Waals surface area contributed by atoms with Crippen LogP contribution in [0.3, 0.4) is 0 Å². The van der Waals surface area contributed by atoms with E-state index in [4.69, 9.17) is 20.5 Å². The molecule has 0 saturated carbocycles. The molecule has 0 radical (unpaired) electrons. The Bertz CT molecular complexity index is 111. The monoisotopic (exact) mass is 208 g/mol. The molecule has 0 aromatic carbocycles. The summed E-state index contributed by atoms with van der Waals surface area (Å²) in [7, 11) is 0.313. The molecular weight excluding hydrogens is 192 g/mol. The molecule has 0 aromatic rings. The molecule has 72 valence electrons.